The van der Waals surface area contributed by atoms with Crippen molar-refractivity contribution in [1.82, 2.24) is 10.2 Å². The highest BCUT2D eigenvalue weighted by molar-refractivity contribution is 5.93. The highest BCUT2D eigenvalue weighted by Crippen LogP contribution is 2.30. The molecule has 7 heteroatoms. The molecule has 0 bridgehead atoms. The predicted molar refractivity (Wildman–Crippen MR) is 112 cm³/mol. The van der Waals surface area contributed by atoms with Crippen LogP contribution in [0.1, 0.15) is 18.5 Å². The van der Waals surface area contributed by atoms with Crippen molar-refractivity contribution in [1.29, 1.82) is 0 Å². The minimum absolute atomic E-state index is 0.0101. The smallest absolute Gasteiger partial charge is 0.195 e. The van der Waals surface area contributed by atoms with Gasteiger partial charge in [0.15, 0.2) is 17.5 Å². The van der Waals surface area contributed by atoms with E-state index in [9.17, 15) is 4.39 Å². The van der Waals surface area contributed by atoms with E-state index in [0.717, 1.165) is 11.3 Å². The van der Waals surface area contributed by atoms with Gasteiger partial charge in [-0.1, -0.05) is 12.1 Å². The second-order valence-corrected chi connectivity index (χ2v) is 6.41. The SMILES string of the molecule is CCOc1ccc(NC(=NC)NCC(c2cccc(F)c2)N(C)C)cc1OC. The quantitative estimate of drug-likeness (QED) is 0.535. The van der Waals surface area contributed by atoms with Crippen molar-refractivity contribution < 1.29 is 13.9 Å². The molecule has 152 valence electrons. The summed E-state index contributed by atoms with van der Waals surface area (Å²) in [4.78, 5) is 6.31. The Balaban J connectivity index is 2.07. The second kappa shape index (κ2) is 10.5. The number of nitrogens with zero attached hydrogens (tertiary/aromatic N) is 2. The lowest BCUT2D eigenvalue weighted by atomic mass is 10.1. The Morgan fingerprint density at radius 1 is 1.18 bits per heavy atom. The van der Waals surface area contributed by atoms with Crippen LogP contribution in [0, 0.1) is 5.82 Å². The zero-order valence-electron chi connectivity index (χ0n) is 17.1. The van der Waals surface area contributed by atoms with Crippen molar-refractivity contribution in [2.24, 2.45) is 4.99 Å². The fourth-order valence-electron chi connectivity index (χ4n) is 2.84. The van der Waals surface area contributed by atoms with Crippen LogP contribution in [-0.4, -0.2) is 52.3 Å². The Kier molecular flexibility index (Phi) is 8.07. The average Bonchev–Trinajstić information content (AvgIpc) is 2.68. The van der Waals surface area contributed by atoms with E-state index in [4.69, 9.17) is 9.47 Å². The predicted octanol–water partition coefficient (Wildman–Crippen LogP) is 3.52. The largest absolute Gasteiger partial charge is 0.493 e. The standard InChI is InChI=1S/C21H29FN4O2/c1-6-28-19-11-10-17(13-20(19)27-5)25-21(23-2)24-14-18(26(3)4)15-8-7-9-16(22)12-15/h7-13,18H,6,14H2,1-5H3,(H2,23,24,25). The first kappa shape index (κ1) is 21.5. The average molecular weight is 388 g/mol. The van der Waals surface area contributed by atoms with Crippen LogP contribution in [0.4, 0.5) is 10.1 Å². The van der Waals surface area contributed by atoms with E-state index in [1.54, 1.807) is 26.3 Å². The first-order valence-electron chi connectivity index (χ1n) is 9.18. The molecule has 2 rings (SSSR count). The molecule has 1 unspecified atom stereocenters. The van der Waals surface area contributed by atoms with Crippen LogP contribution in [0.2, 0.25) is 0 Å². The highest BCUT2D eigenvalue weighted by atomic mass is 19.1. The molecule has 6 nitrogen and oxygen atoms in total. The number of benzene rings is 2. The molecule has 0 aliphatic heterocycles. The number of halogens is 1. The number of guanidine groups is 1. The molecular weight excluding hydrogens is 359 g/mol. The maximum atomic E-state index is 13.6. The lowest BCUT2D eigenvalue weighted by Gasteiger charge is -2.26. The molecule has 0 radical (unpaired) electrons. The molecule has 0 aromatic heterocycles. The third-order valence-electron chi connectivity index (χ3n) is 4.27. The van der Waals surface area contributed by atoms with Gasteiger partial charge in [-0.05, 0) is 50.8 Å². The summed E-state index contributed by atoms with van der Waals surface area (Å²) < 4.78 is 24.5. The third kappa shape index (κ3) is 5.85. The normalized spacial score (nSPS) is 12.6. The minimum atomic E-state index is -0.242. The lowest BCUT2D eigenvalue weighted by Crippen LogP contribution is -2.38. The Labute approximate surface area is 166 Å². The van der Waals surface area contributed by atoms with Gasteiger partial charge in [0, 0.05) is 25.3 Å². The molecule has 0 saturated carbocycles. The van der Waals surface area contributed by atoms with Crippen LogP contribution < -0.4 is 20.1 Å². The van der Waals surface area contributed by atoms with Gasteiger partial charge in [-0.15, -0.1) is 0 Å². The highest BCUT2D eigenvalue weighted by Gasteiger charge is 2.15. The maximum Gasteiger partial charge on any atom is 0.195 e. The number of hydrogen-bond donors (Lipinski definition) is 2. The second-order valence-electron chi connectivity index (χ2n) is 6.41. The summed E-state index contributed by atoms with van der Waals surface area (Å²) in [5.41, 5.74) is 1.72. The number of methoxy groups -OCH3 is 1. The molecule has 0 fully saturated rings. The molecule has 0 spiro atoms. The fraction of sp³-hybridized carbons (Fsp3) is 0.381. The first-order valence-corrected chi connectivity index (χ1v) is 9.18. The van der Waals surface area contributed by atoms with Crippen LogP contribution in [0.3, 0.4) is 0 Å². The van der Waals surface area contributed by atoms with E-state index in [0.29, 0.717) is 30.6 Å². The Hall–Kier alpha value is -2.80. The zero-order chi connectivity index (χ0) is 20.5. The molecule has 1 atom stereocenters. The van der Waals surface area contributed by atoms with Gasteiger partial charge in [-0.3, -0.25) is 4.99 Å². The molecule has 0 amide bonds. The van der Waals surface area contributed by atoms with E-state index in [2.05, 4.69) is 15.6 Å². The monoisotopic (exact) mass is 388 g/mol. The number of anilines is 1. The van der Waals surface area contributed by atoms with Gasteiger partial charge in [0.2, 0.25) is 0 Å². The molecule has 0 saturated heterocycles. The van der Waals surface area contributed by atoms with Crippen molar-refractivity contribution in [3.63, 3.8) is 0 Å². The number of aliphatic imine (C=N–C) groups is 1. The van der Waals surface area contributed by atoms with Crippen molar-refractivity contribution in [3.05, 3.63) is 53.8 Å². The number of nitrogens with one attached hydrogen (secondary N) is 2. The van der Waals surface area contributed by atoms with Crippen LogP contribution in [0.25, 0.3) is 0 Å². The summed E-state index contributed by atoms with van der Waals surface area (Å²) in [6.07, 6.45) is 0. The van der Waals surface area contributed by atoms with Crippen molar-refractivity contribution in [2.75, 3.05) is 46.7 Å². The Morgan fingerprint density at radius 3 is 2.57 bits per heavy atom. The summed E-state index contributed by atoms with van der Waals surface area (Å²) in [5.74, 6) is 1.70. The van der Waals surface area contributed by atoms with Crippen molar-refractivity contribution in [3.8, 4) is 11.5 Å². The lowest BCUT2D eigenvalue weighted by molar-refractivity contribution is 0.298. The van der Waals surface area contributed by atoms with Gasteiger partial charge in [-0.2, -0.15) is 0 Å². The molecule has 0 aliphatic carbocycles. The van der Waals surface area contributed by atoms with Gasteiger partial charge >= 0.3 is 0 Å². The topological polar surface area (TPSA) is 58.1 Å². The van der Waals surface area contributed by atoms with E-state index >= 15 is 0 Å². The number of ether oxygens (including phenoxy) is 2. The van der Waals surface area contributed by atoms with Crippen LogP contribution in [-0.2, 0) is 0 Å². The van der Waals surface area contributed by atoms with Crippen LogP contribution in [0.5, 0.6) is 11.5 Å². The third-order valence-corrected chi connectivity index (χ3v) is 4.27. The number of hydrogen-bond acceptors (Lipinski definition) is 4. The van der Waals surface area contributed by atoms with Gasteiger partial charge < -0.3 is 25.0 Å². The molecule has 28 heavy (non-hydrogen) atoms. The summed E-state index contributed by atoms with van der Waals surface area (Å²) in [6, 6.07) is 12.2. The minimum Gasteiger partial charge on any atom is -0.493 e. The summed E-state index contributed by atoms with van der Waals surface area (Å²) in [6.45, 7) is 3.06. The Bertz CT molecular complexity index is 796. The van der Waals surface area contributed by atoms with Gasteiger partial charge in [-0.25, -0.2) is 4.39 Å². The Morgan fingerprint density at radius 2 is 1.96 bits per heavy atom. The van der Waals surface area contributed by atoms with E-state index < -0.39 is 0 Å². The zero-order valence-corrected chi connectivity index (χ0v) is 17.1. The van der Waals surface area contributed by atoms with Crippen molar-refractivity contribution >= 4 is 11.6 Å². The van der Waals surface area contributed by atoms with Crippen LogP contribution in [0.15, 0.2) is 47.5 Å². The first-order chi connectivity index (χ1) is 13.5. The maximum absolute atomic E-state index is 13.6. The molecule has 0 aliphatic rings. The van der Waals surface area contributed by atoms with Crippen LogP contribution >= 0.6 is 0 Å². The van der Waals surface area contributed by atoms with Crippen molar-refractivity contribution in [2.45, 2.75) is 13.0 Å². The van der Waals surface area contributed by atoms with Gasteiger partial charge in [0.1, 0.15) is 5.82 Å². The summed E-state index contributed by atoms with van der Waals surface area (Å²) in [5, 5.41) is 6.54. The summed E-state index contributed by atoms with van der Waals surface area (Å²) >= 11 is 0. The van der Waals surface area contributed by atoms with E-state index in [1.165, 1.54) is 6.07 Å². The summed E-state index contributed by atoms with van der Waals surface area (Å²) in [7, 11) is 7.23. The van der Waals surface area contributed by atoms with E-state index in [-0.39, 0.29) is 11.9 Å². The van der Waals surface area contributed by atoms with Gasteiger partial charge in [0.05, 0.1) is 19.8 Å². The molecular formula is C21H29FN4O2. The fourth-order valence-corrected chi connectivity index (χ4v) is 2.84. The molecule has 2 aromatic rings. The molecule has 2 aromatic carbocycles. The number of likely N-dealkylation sites (N-methyl/N-ethyl adjacent to an activating group) is 1. The molecule has 0 heterocycles. The number of rotatable bonds is 8. The van der Waals surface area contributed by atoms with E-state index in [1.807, 2.05) is 50.2 Å². The molecule has 2 N–H and O–H groups in total. The van der Waals surface area contributed by atoms with Gasteiger partial charge in [0.25, 0.3) is 0 Å².